The van der Waals surface area contributed by atoms with Gasteiger partial charge in [0.2, 0.25) is 11.8 Å². The molecule has 4 unspecified atom stereocenters. The van der Waals surface area contributed by atoms with E-state index in [9.17, 15) is 14.0 Å². The summed E-state index contributed by atoms with van der Waals surface area (Å²) in [5.74, 6) is -1.17. The van der Waals surface area contributed by atoms with Gasteiger partial charge in [-0.05, 0) is 41.8 Å². The van der Waals surface area contributed by atoms with Crippen molar-refractivity contribution < 1.29 is 18.7 Å². The molecule has 0 spiro atoms. The number of rotatable bonds is 9. The molecule has 34 heavy (non-hydrogen) atoms. The van der Waals surface area contributed by atoms with E-state index >= 15 is 0 Å². The summed E-state index contributed by atoms with van der Waals surface area (Å²) < 4.78 is 18.6. The van der Waals surface area contributed by atoms with Crippen LogP contribution in [-0.2, 0) is 20.7 Å². The topological polar surface area (TPSA) is 102 Å². The van der Waals surface area contributed by atoms with Crippen molar-refractivity contribution in [2.24, 2.45) is 11.5 Å². The average molecular weight is 491 g/mol. The zero-order valence-electron chi connectivity index (χ0n) is 19.5. The molecule has 3 rings (SSSR count). The van der Waals surface area contributed by atoms with Gasteiger partial charge >= 0.3 is 0 Å². The molecular formula is C25H32ClFN4O3. The number of piperazine rings is 1. The van der Waals surface area contributed by atoms with E-state index < -0.39 is 18.0 Å². The van der Waals surface area contributed by atoms with Gasteiger partial charge in [-0.3, -0.25) is 14.5 Å². The molecule has 4 N–H and O–H groups in total. The molecule has 0 aliphatic carbocycles. The molecule has 2 amide bonds. The van der Waals surface area contributed by atoms with Crippen molar-refractivity contribution in [3.8, 4) is 0 Å². The van der Waals surface area contributed by atoms with Gasteiger partial charge in [-0.25, -0.2) is 4.39 Å². The molecule has 1 saturated heterocycles. The first-order valence-electron chi connectivity index (χ1n) is 11.3. The number of carbonyl (C=O) groups excluding carboxylic acids is 2. The number of nitrogens with two attached hydrogens (primary N) is 2. The fraction of sp³-hybridized carbons (Fsp3) is 0.440. The summed E-state index contributed by atoms with van der Waals surface area (Å²) in [5.41, 5.74) is 13.8. The monoisotopic (exact) mass is 490 g/mol. The molecule has 4 atom stereocenters. The number of hydrogen-bond donors (Lipinski definition) is 2. The number of primary amides is 1. The Kier molecular flexibility index (Phi) is 9.02. The van der Waals surface area contributed by atoms with Gasteiger partial charge in [-0.1, -0.05) is 42.8 Å². The van der Waals surface area contributed by atoms with Crippen molar-refractivity contribution in [1.29, 1.82) is 0 Å². The molecule has 1 heterocycles. The van der Waals surface area contributed by atoms with E-state index in [0.29, 0.717) is 37.7 Å². The summed E-state index contributed by atoms with van der Waals surface area (Å²) >= 11 is 6.15. The van der Waals surface area contributed by atoms with Crippen molar-refractivity contribution in [2.75, 3.05) is 33.4 Å². The zero-order chi connectivity index (χ0) is 24.8. The third-order valence-corrected chi connectivity index (χ3v) is 6.61. The van der Waals surface area contributed by atoms with Crippen molar-refractivity contribution in [1.82, 2.24) is 9.80 Å². The second kappa shape index (κ2) is 11.8. The molecular weight excluding hydrogens is 459 g/mol. The highest BCUT2D eigenvalue weighted by Gasteiger charge is 2.39. The second-order valence-corrected chi connectivity index (χ2v) is 9.20. The van der Waals surface area contributed by atoms with Crippen LogP contribution in [0.1, 0.15) is 24.0 Å². The van der Waals surface area contributed by atoms with Gasteiger partial charge in [0, 0.05) is 37.7 Å². The minimum absolute atomic E-state index is 0.192. The molecule has 0 bridgehead atoms. The molecule has 0 radical (unpaired) electrons. The Morgan fingerprint density at radius 2 is 1.91 bits per heavy atom. The normalized spacial score (nSPS) is 19.4. The quantitative estimate of drug-likeness (QED) is 0.561. The number of amides is 2. The van der Waals surface area contributed by atoms with Gasteiger partial charge in [0.1, 0.15) is 5.82 Å². The molecule has 1 fully saturated rings. The lowest BCUT2D eigenvalue weighted by Gasteiger charge is -2.45. The van der Waals surface area contributed by atoms with Crippen LogP contribution < -0.4 is 11.5 Å². The Morgan fingerprint density at radius 3 is 2.53 bits per heavy atom. The summed E-state index contributed by atoms with van der Waals surface area (Å²) in [6, 6.07) is 11.7. The van der Waals surface area contributed by atoms with E-state index in [1.165, 1.54) is 12.1 Å². The summed E-state index contributed by atoms with van der Waals surface area (Å²) in [6.45, 7) is 3.51. The molecule has 1 aliphatic rings. The average Bonchev–Trinajstić information content (AvgIpc) is 2.80. The van der Waals surface area contributed by atoms with Crippen LogP contribution in [0.15, 0.2) is 48.5 Å². The number of methoxy groups -OCH3 is 1. The van der Waals surface area contributed by atoms with Gasteiger partial charge in [-0.15, -0.1) is 0 Å². The summed E-state index contributed by atoms with van der Waals surface area (Å²) in [4.78, 5) is 29.4. The Balaban J connectivity index is 1.73. The Morgan fingerprint density at radius 1 is 1.21 bits per heavy atom. The molecule has 7 nitrogen and oxygen atoms in total. The Bertz CT molecular complexity index is 990. The van der Waals surface area contributed by atoms with E-state index in [1.807, 2.05) is 30.0 Å². The second-order valence-electron chi connectivity index (χ2n) is 8.76. The van der Waals surface area contributed by atoms with E-state index in [4.69, 9.17) is 27.8 Å². The number of ether oxygens (including phenoxy) is 1. The molecule has 9 heteroatoms. The van der Waals surface area contributed by atoms with Crippen LogP contribution in [0.4, 0.5) is 4.39 Å². The van der Waals surface area contributed by atoms with Gasteiger partial charge in [0.05, 0.1) is 24.7 Å². The van der Waals surface area contributed by atoms with Gasteiger partial charge in [0.25, 0.3) is 0 Å². The fourth-order valence-corrected chi connectivity index (χ4v) is 4.85. The summed E-state index contributed by atoms with van der Waals surface area (Å²) in [7, 11) is 1.57. The predicted molar refractivity (Wildman–Crippen MR) is 130 cm³/mol. The minimum atomic E-state index is -0.770. The van der Waals surface area contributed by atoms with Crippen molar-refractivity contribution >= 4 is 23.4 Å². The maximum Gasteiger partial charge on any atom is 0.240 e. The van der Waals surface area contributed by atoms with Crippen molar-refractivity contribution in [2.45, 2.75) is 37.4 Å². The number of hydrogen-bond acceptors (Lipinski definition) is 5. The van der Waals surface area contributed by atoms with Crippen molar-refractivity contribution in [3.05, 3.63) is 70.5 Å². The molecule has 0 saturated carbocycles. The van der Waals surface area contributed by atoms with Gasteiger partial charge in [-0.2, -0.15) is 0 Å². The van der Waals surface area contributed by atoms with Crippen LogP contribution in [0.25, 0.3) is 0 Å². The first-order valence-corrected chi connectivity index (χ1v) is 11.7. The van der Waals surface area contributed by atoms with Crippen LogP contribution in [-0.4, -0.2) is 73.1 Å². The molecule has 1 aliphatic heterocycles. The van der Waals surface area contributed by atoms with E-state index in [0.717, 1.165) is 11.1 Å². The lowest BCUT2D eigenvalue weighted by Crippen LogP contribution is -2.63. The SMILES string of the molecule is COCC1CN(C(C(N)=O)C(C)c2cccc(Cl)c2)CCN1C(=O)C(N)Cc1ccc(F)cc1. The zero-order valence-corrected chi connectivity index (χ0v) is 20.2. The van der Waals surface area contributed by atoms with Crippen LogP contribution in [0.3, 0.4) is 0 Å². The smallest absolute Gasteiger partial charge is 0.240 e. The number of benzene rings is 2. The van der Waals surface area contributed by atoms with Crippen LogP contribution in [0.5, 0.6) is 0 Å². The Labute approximate surface area is 204 Å². The van der Waals surface area contributed by atoms with Gasteiger partial charge in [0.15, 0.2) is 0 Å². The molecule has 2 aromatic rings. The standard InChI is InChI=1S/C25H32ClFN4O3/c1-16(18-4-3-5-19(26)13-18)23(24(29)32)30-10-11-31(21(14-30)15-34-2)25(33)22(28)12-17-6-8-20(27)9-7-17/h3-9,13,16,21-23H,10-12,14-15,28H2,1-2H3,(H2,29,32). The largest absolute Gasteiger partial charge is 0.382 e. The van der Waals surface area contributed by atoms with E-state index in [2.05, 4.69) is 0 Å². The minimum Gasteiger partial charge on any atom is -0.382 e. The van der Waals surface area contributed by atoms with Crippen LogP contribution in [0.2, 0.25) is 5.02 Å². The van der Waals surface area contributed by atoms with Crippen LogP contribution >= 0.6 is 11.6 Å². The van der Waals surface area contributed by atoms with E-state index in [-0.39, 0.29) is 23.7 Å². The highest BCUT2D eigenvalue weighted by atomic mass is 35.5. The van der Waals surface area contributed by atoms with Crippen LogP contribution in [0, 0.1) is 5.82 Å². The highest BCUT2D eigenvalue weighted by Crippen LogP contribution is 2.27. The lowest BCUT2D eigenvalue weighted by atomic mass is 9.90. The third kappa shape index (κ3) is 6.33. The van der Waals surface area contributed by atoms with Crippen molar-refractivity contribution in [3.63, 3.8) is 0 Å². The van der Waals surface area contributed by atoms with E-state index in [1.54, 1.807) is 30.2 Å². The predicted octanol–water partition coefficient (Wildman–Crippen LogP) is 2.17. The summed E-state index contributed by atoms with van der Waals surface area (Å²) in [5, 5.41) is 0.593. The molecule has 184 valence electrons. The maximum atomic E-state index is 13.2. The first kappa shape index (κ1) is 26.1. The lowest BCUT2D eigenvalue weighted by molar-refractivity contribution is -0.141. The summed E-state index contributed by atoms with van der Waals surface area (Å²) in [6.07, 6.45) is 0.300. The first-order chi connectivity index (χ1) is 16.2. The maximum absolute atomic E-state index is 13.2. The highest BCUT2D eigenvalue weighted by molar-refractivity contribution is 6.30. The fourth-order valence-electron chi connectivity index (χ4n) is 4.65. The number of halogens is 2. The van der Waals surface area contributed by atoms with Gasteiger partial charge < -0.3 is 21.1 Å². The number of carbonyl (C=O) groups is 2. The third-order valence-electron chi connectivity index (χ3n) is 6.38. The number of nitrogens with zero attached hydrogens (tertiary/aromatic N) is 2. The molecule has 0 aromatic heterocycles. The Hall–Kier alpha value is -2.52. The molecule has 2 aromatic carbocycles.